The fourth-order valence-corrected chi connectivity index (χ4v) is 4.57. The van der Waals surface area contributed by atoms with Crippen LogP contribution in [0.1, 0.15) is 32.6 Å². The summed E-state index contributed by atoms with van der Waals surface area (Å²) in [6.45, 7) is 0.437. The summed E-state index contributed by atoms with van der Waals surface area (Å²) >= 11 is 0. The van der Waals surface area contributed by atoms with Crippen molar-refractivity contribution in [2.45, 2.75) is 12.2 Å². The first-order valence-electron chi connectivity index (χ1n) is 10.4. The summed E-state index contributed by atoms with van der Waals surface area (Å²) in [5.74, 6) is 1.40. The Hall–Kier alpha value is -4.25. The van der Waals surface area contributed by atoms with Crippen molar-refractivity contribution >= 4 is 11.7 Å². The van der Waals surface area contributed by atoms with Gasteiger partial charge in [0.2, 0.25) is 0 Å². The highest BCUT2D eigenvalue weighted by atomic mass is 16.6. The van der Waals surface area contributed by atoms with Gasteiger partial charge < -0.3 is 19.9 Å². The van der Waals surface area contributed by atoms with E-state index >= 15 is 0 Å². The molecule has 0 bridgehead atoms. The summed E-state index contributed by atoms with van der Waals surface area (Å²) in [6.07, 6.45) is 0. The van der Waals surface area contributed by atoms with Gasteiger partial charge in [-0.15, -0.1) is 0 Å². The lowest BCUT2D eigenvalue weighted by atomic mass is 9.77. The Bertz CT molecular complexity index is 1370. The van der Waals surface area contributed by atoms with Crippen molar-refractivity contribution in [3.05, 3.63) is 119 Å². The number of ether oxygens (including phenoxy) is 3. The summed E-state index contributed by atoms with van der Waals surface area (Å²) in [5, 5.41) is 0. The maximum atomic E-state index is 12.9. The highest BCUT2D eigenvalue weighted by molar-refractivity contribution is 5.97. The molecule has 156 valence electrons. The van der Waals surface area contributed by atoms with Crippen LogP contribution in [0.2, 0.25) is 0 Å². The molecule has 2 aliphatic rings. The van der Waals surface area contributed by atoms with Crippen molar-refractivity contribution in [3.8, 4) is 17.2 Å². The summed E-state index contributed by atoms with van der Waals surface area (Å²) in [7, 11) is 0. The molecule has 5 heteroatoms. The molecule has 1 spiro atoms. The van der Waals surface area contributed by atoms with Gasteiger partial charge in [0, 0.05) is 22.9 Å². The number of hydrogen-bond donors (Lipinski definition) is 1. The van der Waals surface area contributed by atoms with Gasteiger partial charge >= 0.3 is 5.97 Å². The molecule has 0 saturated heterocycles. The highest BCUT2D eigenvalue weighted by Gasteiger charge is 2.54. The van der Waals surface area contributed by atoms with Crippen LogP contribution in [0.4, 0.5) is 5.69 Å². The Morgan fingerprint density at radius 2 is 1.62 bits per heavy atom. The van der Waals surface area contributed by atoms with E-state index in [0.29, 0.717) is 46.2 Å². The van der Waals surface area contributed by atoms with Gasteiger partial charge in [0.15, 0.2) is 5.60 Å². The average Bonchev–Trinajstić information content (AvgIpc) is 3.11. The normalized spacial score (nSPS) is 17.7. The minimum Gasteiger partial charge on any atom is -0.489 e. The zero-order valence-electron chi connectivity index (χ0n) is 17.1. The molecule has 0 saturated carbocycles. The average molecular weight is 421 g/mol. The number of esters is 1. The van der Waals surface area contributed by atoms with Crippen LogP contribution in [0, 0.1) is 0 Å². The first-order valence-corrected chi connectivity index (χ1v) is 10.4. The topological polar surface area (TPSA) is 70.8 Å². The van der Waals surface area contributed by atoms with Gasteiger partial charge in [-0.3, -0.25) is 0 Å². The van der Waals surface area contributed by atoms with Crippen LogP contribution in [0.5, 0.6) is 17.2 Å². The third kappa shape index (κ3) is 2.61. The Labute approximate surface area is 185 Å². The zero-order valence-corrected chi connectivity index (χ0v) is 17.1. The molecule has 1 atom stereocenters. The Kier molecular flexibility index (Phi) is 3.98. The largest absolute Gasteiger partial charge is 0.489 e. The third-order valence-corrected chi connectivity index (χ3v) is 5.98. The summed E-state index contributed by atoms with van der Waals surface area (Å²) in [5.41, 5.74) is 9.45. The number of fused-ring (bicyclic) bond motifs is 6. The second-order valence-corrected chi connectivity index (χ2v) is 7.87. The molecule has 6 rings (SSSR count). The van der Waals surface area contributed by atoms with E-state index in [9.17, 15) is 4.79 Å². The third-order valence-electron chi connectivity index (χ3n) is 5.98. The second-order valence-electron chi connectivity index (χ2n) is 7.87. The standard InChI is InChI=1S/C27H19NO4/c28-22-11-6-12-23-25(22)27(20-10-5-4-9-19(20)26(29)32-27)21-14-13-18(15-24(21)31-23)30-16-17-7-2-1-3-8-17/h1-15H,16,28H2. The molecule has 2 N–H and O–H groups in total. The fourth-order valence-electron chi connectivity index (χ4n) is 4.57. The van der Waals surface area contributed by atoms with Gasteiger partial charge in [-0.1, -0.05) is 54.6 Å². The Morgan fingerprint density at radius 3 is 2.50 bits per heavy atom. The summed E-state index contributed by atoms with van der Waals surface area (Å²) in [4.78, 5) is 12.9. The number of rotatable bonds is 3. The first-order chi connectivity index (χ1) is 15.7. The van der Waals surface area contributed by atoms with Crippen LogP contribution >= 0.6 is 0 Å². The molecular weight excluding hydrogens is 402 g/mol. The first kappa shape index (κ1) is 18.5. The van der Waals surface area contributed by atoms with Crippen molar-refractivity contribution in [2.24, 2.45) is 0 Å². The molecule has 32 heavy (non-hydrogen) atoms. The van der Waals surface area contributed by atoms with Gasteiger partial charge in [0.25, 0.3) is 0 Å². The molecule has 1 unspecified atom stereocenters. The van der Waals surface area contributed by atoms with Crippen molar-refractivity contribution < 1.29 is 19.0 Å². The minimum absolute atomic E-state index is 0.382. The summed E-state index contributed by atoms with van der Waals surface area (Å²) in [6, 6.07) is 28.4. The zero-order chi connectivity index (χ0) is 21.7. The van der Waals surface area contributed by atoms with E-state index in [-0.39, 0.29) is 5.97 Å². The van der Waals surface area contributed by atoms with Crippen molar-refractivity contribution in [1.82, 2.24) is 0 Å². The highest BCUT2D eigenvalue weighted by Crippen LogP contribution is 2.58. The van der Waals surface area contributed by atoms with Gasteiger partial charge in [-0.05, 0) is 35.9 Å². The van der Waals surface area contributed by atoms with E-state index in [4.69, 9.17) is 19.9 Å². The number of benzene rings is 4. The van der Waals surface area contributed by atoms with E-state index in [0.717, 1.165) is 11.1 Å². The molecule has 4 aromatic rings. The van der Waals surface area contributed by atoms with Gasteiger partial charge in [-0.25, -0.2) is 4.79 Å². The lowest BCUT2D eigenvalue weighted by molar-refractivity contribution is 0.0227. The minimum atomic E-state index is -1.17. The van der Waals surface area contributed by atoms with Crippen LogP contribution in [-0.4, -0.2) is 5.97 Å². The number of anilines is 1. The van der Waals surface area contributed by atoms with Gasteiger partial charge in [0.05, 0.1) is 11.1 Å². The monoisotopic (exact) mass is 421 g/mol. The molecule has 0 aromatic heterocycles. The number of nitrogen functional groups attached to an aromatic ring is 1. The molecule has 2 heterocycles. The predicted octanol–water partition coefficient (Wildman–Crippen LogP) is 5.42. The number of carbonyl (C=O) groups is 1. The number of carbonyl (C=O) groups excluding carboxylic acids is 1. The summed E-state index contributed by atoms with van der Waals surface area (Å²) < 4.78 is 18.4. The molecule has 2 aliphatic heterocycles. The lowest BCUT2D eigenvalue weighted by Crippen LogP contribution is -2.34. The lowest BCUT2D eigenvalue weighted by Gasteiger charge is -2.37. The van der Waals surface area contributed by atoms with Crippen LogP contribution in [0.3, 0.4) is 0 Å². The van der Waals surface area contributed by atoms with Crippen LogP contribution in [0.25, 0.3) is 0 Å². The molecule has 5 nitrogen and oxygen atoms in total. The fraction of sp³-hybridized carbons (Fsp3) is 0.0741. The van der Waals surface area contributed by atoms with E-state index in [1.807, 2.05) is 78.9 Å². The number of hydrogen-bond acceptors (Lipinski definition) is 5. The van der Waals surface area contributed by atoms with Crippen molar-refractivity contribution in [3.63, 3.8) is 0 Å². The second kappa shape index (κ2) is 6.89. The molecular formula is C27H19NO4. The van der Waals surface area contributed by atoms with E-state index < -0.39 is 5.60 Å². The van der Waals surface area contributed by atoms with Crippen LogP contribution in [-0.2, 0) is 16.9 Å². The molecule has 0 aliphatic carbocycles. The van der Waals surface area contributed by atoms with Gasteiger partial charge in [0.1, 0.15) is 23.9 Å². The van der Waals surface area contributed by atoms with Crippen molar-refractivity contribution in [2.75, 3.05) is 5.73 Å². The van der Waals surface area contributed by atoms with E-state index in [1.165, 1.54) is 0 Å². The van der Waals surface area contributed by atoms with Gasteiger partial charge in [-0.2, -0.15) is 0 Å². The molecule has 4 aromatic carbocycles. The molecule has 0 amide bonds. The smallest absolute Gasteiger partial charge is 0.340 e. The maximum absolute atomic E-state index is 12.9. The molecule has 0 radical (unpaired) electrons. The van der Waals surface area contributed by atoms with E-state index in [1.54, 1.807) is 12.1 Å². The SMILES string of the molecule is Nc1cccc2c1C1(OC(=O)c3ccccc31)c1ccc(OCc3ccccc3)cc1O2. The van der Waals surface area contributed by atoms with Crippen LogP contribution < -0.4 is 15.2 Å². The number of nitrogens with two attached hydrogens (primary N) is 1. The molecule has 0 fully saturated rings. The Morgan fingerprint density at radius 1 is 0.812 bits per heavy atom. The van der Waals surface area contributed by atoms with Crippen LogP contribution in [0.15, 0.2) is 91.0 Å². The Balaban J connectivity index is 1.50. The van der Waals surface area contributed by atoms with Crippen molar-refractivity contribution in [1.29, 1.82) is 0 Å². The van der Waals surface area contributed by atoms with E-state index in [2.05, 4.69) is 0 Å². The quantitative estimate of drug-likeness (QED) is 0.353. The predicted molar refractivity (Wildman–Crippen MR) is 120 cm³/mol. The maximum Gasteiger partial charge on any atom is 0.340 e.